The largest absolute Gasteiger partial charge is 0.495 e. The summed E-state index contributed by atoms with van der Waals surface area (Å²) in [5.41, 5.74) is -0.888. The standard InChI is InChI=1S/C35H48ClN3O10S2/c1-19-11-10-12-26(46-8)35(44)17-25(47-33(43)37-35)20(2)31-34(4,49-31)27(48-32(42)21(3)38(5)29(41)18-51-50-9)16-28(40)39(6)23-14-22(13-19)15-24(45-7)30(23)36/h10-12,14-15,20-21,25-27,31,44H,13,16-18H2,1-9H3,(H,37,43)/b12-10+,19-11+/t20-,21-,25+,26-,27+,31+,34+,35+/m1/s1. The average Bonchev–Trinajstić information content (AvgIpc) is 3.79. The van der Waals surface area contributed by atoms with E-state index in [1.54, 1.807) is 52.1 Å². The van der Waals surface area contributed by atoms with Gasteiger partial charge in [-0.25, -0.2) is 9.59 Å². The number of likely N-dealkylation sites (N-methyl/N-ethyl adjacent to an activating group) is 1. The number of benzene rings is 1. The molecule has 3 heterocycles. The number of nitrogens with zero attached hydrogens (tertiary/aromatic N) is 2. The number of anilines is 1. The number of amides is 3. The number of esters is 1. The normalized spacial score (nSPS) is 31.9. The molecular weight excluding hydrogens is 722 g/mol. The third kappa shape index (κ3) is 9.17. The molecule has 4 rings (SSSR count). The lowest BCUT2D eigenvalue weighted by Gasteiger charge is -2.42. The fourth-order valence-corrected chi connectivity index (χ4v) is 7.82. The minimum Gasteiger partial charge on any atom is -0.495 e. The van der Waals surface area contributed by atoms with Crippen LogP contribution in [0.1, 0.15) is 46.1 Å². The number of ether oxygens (including phenoxy) is 5. The first-order valence-corrected chi connectivity index (χ1v) is 19.6. The Labute approximate surface area is 312 Å². The van der Waals surface area contributed by atoms with Gasteiger partial charge in [0.1, 0.15) is 40.7 Å². The van der Waals surface area contributed by atoms with Gasteiger partial charge in [-0.15, -0.1) is 0 Å². The van der Waals surface area contributed by atoms with Gasteiger partial charge >= 0.3 is 12.1 Å². The van der Waals surface area contributed by atoms with Gasteiger partial charge in [-0.2, -0.15) is 0 Å². The highest BCUT2D eigenvalue weighted by Crippen LogP contribution is 2.49. The molecule has 16 heteroatoms. The molecule has 3 amide bonds. The molecule has 0 spiro atoms. The third-order valence-electron chi connectivity index (χ3n) is 9.82. The average molecular weight is 770 g/mol. The Morgan fingerprint density at radius 2 is 1.98 bits per heavy atom. The summed E-state index contributed by atoms with van der Waals surface area (Å²) in [6, 6.07) is 2.62. The molecule has 1 aromatic carbocycles. The maximum Gasteiger partial charge on any atom is 0.409 e. The molecule has 282 valence electrons. The second-order valence-electron chi connectivity index (χ2n) is 13.3. The summed E-state index contributed by atoms with van der Waals surface area (Å²) in [5.74, 6) is -1.38. The fraction of sp³-hybridized carbons (Fsp3) is 0.600. The number of nitrogens with one attached hydrogen (secondary N) is 1. The Bertz CT molecular complexity index is 1560. The van der Waals surface area contributed by atoms with Crippen molar-refractivity contribution in [2.24, 2.45) is 5.92 Å². The lowest BCUT2D eigenvalue weighted by atomic mass is 9.83. The monoisotopic (exact) mass is 769 g/mol. The topological polar surface area (TPSA) is 156 Å². The van der Waals surface area contributed by atoms with Crippen molar-refractivity contribution in [1.82, 2.24) is 10.2 Å². The van der Waals surface area contributed by atoms with Gasteiger partial charge in [0, 0.05) is 33.5 Å². The molecule has 0 saturated carbocycles. The van der Waals surface area contributed by atoms with Gasteiger partial charge in [-0.3, -0.25) is 14.9 Å². The minimum atomic E-state index is -1.82. The quantitative estimate of drug-likeness (QED) is 0.217. The summed E-state index contributed by atoms with van der Waals surface area (Å²) in [5, 5.41) is 14.4. The van der Waals surface area contributed by atoms with E-state index in [0.29, 0.717) is 17.9 Å². The highest BCUT2D eigenvalue weighted by molar-refractivity contribution is 8.76. The van der Waals surface area contributed by atoms with Crippen molar-refractivity contribution in [2.45, 2.75) is 88.7 Å². The van der Waals surface area contributed by atoms with Crippen molar-refractivity contribution >= 4 is 62.8 Å². The van der Waals surface area contributed by atoms with E-state index in [-0.39, 0.29) is 29.5 Å². The van der Waals surface area contributed by atoms with Gasteiger partial charge < -0.3 is 38.6 Å². The Hall–Kier alpha value is -2.95. The fourth-order valence-electron chi connectivity index (χ4n) is 6.43. The number of halogens is 1. The zero-order chi connectivity index (χ0) is 37.8. The van der Waals surface area contributed by atoms with Crippen molar-refractivity contribution in [3.63, 3.8) is 0 Å². The number of carbonyl (C=O) groups is 4. The Kier molecular flexibility index (Phi) is 13.5. The minimum absolute atomic E-state index is 0.0460. The lowest BCUT2D eigenvalue weighted by molar-refractivity contribution is -0.161. The van der Waals surface area contributed by atoms with Gasteiger partial charge in [0.05, 0.1) is 31.1 Å². The van der Waals surface area contributed by atoms with E-state index >= 15 is 0 Å². The second-order valence-corrected chi connectivity index (χ2v) is 16.3. The highest BCUT2D eigenvalue weighted by Gasteiger charge is 2.64. The van der Waals surface area contributed by atoms with Crippen molar-refractivity contribution in [3.05, 3.63) is 46.5 Å². The summed E-state index contributed by atoms with van der Waals surface area (Å²) < 4.78 is 29.1. The van der Waals surface area contributed by atoms with Crippen molar-refractivity contribution in [2.75, 3.05) is 45.2 Å². The number of methoxy groups -OCH3 is 2. The number of allylic oxidation sites excluding steroid dienone is 3. The van der Waals surface area contributed by atoms with E-state index in [0.717, 1.165) is 11.1 Å². The smallest absolute Gasteiger partial charge is 0.409 e. The third-order valence-corrected chi connectivity index (χ3v) is 11.9. The van der Waals surface area contributed by atoms with Gasteiger partial charge in [0.25, 0.3) is 0 Å². The van der Waals surface area contributed by atoms with Gasteiger partial charge in [0.2, 0.25) is 11.8 Å². The predicted octanol–water partition coefficient (Wildman–Crippen LogP) is 4.53. The zero-order valence-corrected chi connectivity index (χ0v) is 32.8. The molecule has 1 aromatic rings. The van der Waals surface area contributed by atoms with Crippen LogP contribution in [0.2, 0.25) is 5.02 Å². The summed E-state index contributed by atoms with van der Waals surface area (Å²) in [6.45, 7) is 7.00. The molecule has 3 aliphatic rings. The number of carbonyl (C=O) groups excluding carboxylic acids is 4. The molecule has 0 radical (unpaired) electrons. The van der Waals surface area contributed by atoms with Crippen molar-refractivity contribution in [1.29, 1.82) is 0 Å². The summed E-state index contributed by atoms with van der Waals surface area (Å²) in [4.78, 5) is 55.9. The predicted molar refractivity (Wildman–Crippen MR) is 197 cm³/mol. The molecule has 8 atom stereocenters. The maximum absolute atomic E-state index is 14.1. The van der Waals surface area contributed by atoms with Crippen LogP contribution in [-0.4, -0.2) is 116 Å². The van der Waals surface area contributed by atoms with Crippen LogP contribution in [0.15, 0.2) is 35.9 Å². The van der Waals surface area contributed by atoms with E-state index in [1.165, 1.54) is 52.7 Å². The zero-order valence-electron chi connectivity index (χ0n) is 30.4. The van der Waals surface area contributed by atoms with Crippen LogP contribution in [0, 0.1) is 5.92 Å². The lowest BCUT2D eigenvalue weighted by Crippen LogP contribution is -2.63. The first-order valence-electron chi connectivity index (χ1n) is 16.5. The van der Waals surface area contributed by atoms with Crippen molar-refractivity contribution in [3.8, 4) is 5.75 Å². The summed E-state index contributed by atoms with van der Waals surface area (Å²) >= 11 is 6.74. The molecule has 0 aliphatic carbocycles. The number of hydrogen-bond donors (Lipinski definition) is 2. The van der Waals surface area contributed by atoms with E-state index in [4.69, 9.17) is 35.3 Å². The SMILES string of the molecule is COc1cc2cc(c1Cl)N(C)C(=O)C[C@H](OC(=O)[C@@H](C)N(C)C(=O)CSSC)[C@]1(C)O[C@H]1[C@H](C)[C@@H]1C[C@@](O)(NC(=O)O1)[C@H](OC)/C=C/C=C(\C)C2. The van der Waals surface area contributed by atoms with Crippen molar-refractivity contribution < 1.29 is 48.0 Å². The van der Waals surface area contributed by atoms with Crippen LogP contribution in [-0.2, 0) is 39.8 Å². The molecule has 2 N–H and O–H groups in total. The van der Waals surface area contributed by atoms with Gasteiger partial charge in [-0.05, 0) is 51.1 Å². The molecule has 3 aliphatic heterocycles. The number of fused-ring (bicyclic) bond motifs is 5. The molecule has 51 heavy (non-hydrogen) atoms. The van der Waals surface area contributed by atoms with Crippen LogP contribution in [0.3, 0.4) is 0 Å². The summed E-state index contributed by atoms with van der Waals surface area (Å²) in [7, 11) is 8.82. The Balaban J connectivity index is 1.76. The number of alkyl carbamates (subject to hydrolysis) is 1. The van der Waals surface area contributed by atoms with E-state index < -0.39 is 65.7 Å². The molecule has 0 unspecified atom stereocenters. The first kappa shape index (κ1) is 40.8. The molecule has 2 fully saturated rings. The van der Waals surface area contributed by atoms with E-state index in [2.05, 4.69) is 5.32 Å². The first-order chi connectivity index (χ1) is 24.0. The van der Waals surface area contributed by atoms with Gasteiger partial charge in [0.15, 0.2) is 5.72 Å². The summed E-state index contributed by atoms with van der Waals surface area (Å²) in [6.07, 6.45) is 2.85. The number of epoxide rings is 1. The van der Waals surface area contributed by atoms with Crippen LogP contribution in [0.25, 0.3) is 0 Å². The van der Waals surface area contributed by atoms with Crippen LogP contribution in [0.5, 0.6) is 5.75 Å². The second kappa shape index (κ2) is 16.8. The highest BCUT2D eigenvalue weighted by atomic mass is 35.5. The van der Waals surface area contributed by atoms with E-state index in [1.807, 2.05) is 19.3 Å². The van der Waals surface area contributed by atoms with Crippen LogP contribution in [0.4, 0.5) is 10.5 Å². The number of rotatable bonds is 8. The maximum atomic E-state index is 14.1. The Morgan fingerprint density at radius 1 is 1.27 bits per heavy atom. The Morgan fingerprint density at radius 3 is 2.63 bits per heavy atom. The molecular formula is C35H48ClN3O10S2. The van der Waals surface area contributed by atoms with Crippen LogP contribution >= 0.6 is 33.2 Å². The number of aliphatic hydroxyl groups is 1. The van der Waals surface area contributed by atoms with Gasteiger partial charge in [-0.1, -0.05) is 63.9 Å². The van der Waals surface area contributed by atoms with E-state index in [9.17, 15) is 24.3 Å². The molecule has 2 saturated heterocycles. The van der Waals surface area contributed by atoms with Crippen LogP contribution < -0.4 is 15.0 Å². The molecule has 13 nitrogen and oxygen atoms in total. The molecule has 4 bridgehead atoms. The molecule has 0 aromatic heterocycles. The number of hydrogen-bond acceptors (Lipinski definition) is 12.